The van der Waals surface area contributed by atoms with E-state index in [1.165, 1.54) is 0 Å². The summed E-state index contributed by atoms with van der Waals surface area (Å²) in [6.45, 7) is 3.48. The van der Waals surface area contributed by atoms with Gasteiger partial charge >= 0.3 is 0 Å². The lowest BCUT2D eigenvalue weighted by Crippen LogP contribution is -2.26. The molecule has 0 aliphatic carbocycles. The minimum atomic E-state index is -3.71. The van der Waals surface area contributed by atoms with Crippen molar-refractivity contribution in [3.63, 3.8) is 0 Å². The number of nitrogen functional groups attached to an aromatic ring is 1. The zero-order valence-electron chi connectivity index (χ0n) is 9.77. The zero-order valence-corrected chi connectivity index (χ0v) is 10.6. The van der Waals surface area contributed by atoms with Crippen molar-refractivity contribution >= 4 is 21.4 Å². The number of hydrogen-bond acceptors (Lipinski definition) is 4. The van der Waals surface area contributed by atoms with Gasteiger partial charge in [-0.1, -0.05) is 13.0 Å². The van der Waals surface area contributed by atoms with Crippen LogP contribution in [-0.2, 0) is 10.0 Å². The summed E-state index contributed by atoms with van der Waals surface area (Å²) in [5.74, 6) is 0. The number of nitrogens with zero attached hydrogens (tertiary/aromatic N) is 1. The number of nitrogens with one attached hydrogen (secondary N) is 1. The molecule has 0 spiro atoms. The Labute approximate surface area is 101 Å². The molecule has 1 aromatic rings. The molecule has 3 N–H and O–H groups in total. The summed E-state index contributed by atoms with van der Waals surface area (Å²) in [6, 6.07) is 6.80. The topological polar surface area (TPSA) is 96.0 Å². The molecule has 0 aliphatic rings. The first-order valence-corrected chi connectivity index (χ1v) is 6.72. The summed E-state index contributed by atoms with van der Waals surface area (Å²) in [5.41, 5.74) is 7.22. The highest BCUT2D eigenvalue weighted by molar-refractivity contribution is 7.93. The third-order valence-corrected chi connectivity index (χ3v) is 4.04. The molecular formula is C11H15N3O2S. The quantitative estimate of drug-likeness (QED) is 0.797. The second-order valence-corrected chi connectivity index (χ2v) is 5.63. The maximum atomic E-state index is 11.8. The van der Waals surface area contributed by atoms with E-state index in [-0.39, 0.29) is 6.42 Å². The molecule has 0 heterocycles. The summed E-state index contributed by atoms with van der Waals surface area (Å²) in [6.07, 6.45) is 0.234. The molecule has 92 valence electrons. The minimum absolute atomic E-state index is 0.234. The monoisotopic (exact) mass is 253 g/mol. The summed E-state index contributed by atoms with van der Waals surface area (Å²) in [7, 11) is -3.71. The van der Waals surface area contributed by atoms with Gasteiger partial charge in [0.1, 0.15) is 0 Å². The van der Waals surface area contributed by atoms with Gasteiger partial charge in [-0.3, -0.25) is 4.72 Å². The average Bonchev–Trinajstić information content (AvgIpc) is 2.24. The molecule has 0 aromatic heterocycles. The van der Waals surface area contributed by atoms with Crippen molar-refractivity contribution in [1.29, 1.82) is 5.26 Å². The lowest BCUT2D eigenvalue weighted by Gasteiger charge is -2.13. The summed E-state index contributed by atoms with van der Waals surface area (Å²) < 4.78 is 26.0. The summed E-state index contributed by atoms with van der Waals surface area (Å²) in [5, 5.41) is 7.70. The fraction of sp³-hybridized carbons (Fsp3) is 0.364. The maximum Gasteiger partial charge on any atom is 0.249 e. The van der Waals surface area contributed by atoms with Crippen LogP contribution in [0.1, 0.15) is 18.9 Å². The van der Waals surface area contributed by atoms with E-state index in [2.05, 4.69) is 4.72 Å². The third-order valence-electron chi connectivity index (χ3n) is 2.35. The number of nitrogens with two attached hydrogens (primary N) is 1. The van der Waals surface area contributed by atoms with Crippen LogP contribution in [0.4, 0.5) is 11.4 Å². The van der Waals surface area contributed by atoms with E-state index in [0.717, 1.165) is 5.56 Å². The maximum absolute atomic E-state index is 11.8. The predicted molar refractivity (Wildman–Crippen MR) is 67.8 cm³/mol. The predicted octanol–water partition coefficient (Wildman–Crippen LogP) is 1.62. The molecular weight excluding hydrogens is 238 g/mol. The largest absolute Gasteiger partial charge is 0.397 e. The summed E-state index contributed by atoms with van der Waals surface area (Å²) in [4.78, 5) is 0. The molecule has 6 heteroatoms. The van der Waals surface area contributed by atoms with E-state index < -0.39 is 15.3 Å². The Bertz CT molecular complexity index is 546. The van der Waals surface area contributed by atoms with E-state index >= 15 is 0 Å². The normalized spacial score (nSPS) is 12.8. The zero-order chi connectivity index (χ0) is 13.1. The molecule has 0 aliphatic heterocycles. The van der Waals surface area contributed by atoms with Gasteiger partial charge in [-0.05, 0) is 31.0 Å². The lowest BCUT2D eigenvalue weighted by atomic mass is 10.2. The number of anilines is 2. The third kappa shape index (κ3) is 3.11. The van der Waals surface area contributed by atoms with Gasteiger partial charge in [0.2, 0.25) is 10.0 Å². The fourth-order valence-electron chi connectivity index (χ4n) is 1.36. The Morgan fingerprint density at radius 1 is 1.53 bits per heavy atom. The molecule has 0 amide bonds. The molecule has 5 nitrogen and oxygen atoms in total. The standard InChI is InChI=1S/C11H15N3O2S/c1-3-9(7-12)17(15,16)14-11-6-8(2)4-5-10(11)13/h4-6,9,14H,3,13H2,1-2H3. The van der Waals surface area contributed by atoms with Crippen LogP contribution in [0.25, 0.3) is 0 Å². The highest BCUT2D eigenvalue weighted by atomic mass is 32.2. The average molecular weight is 253 g/mol. The first-order valence-electron chi connectivity index (χ1n) is 5.18. The Morgan fingerprint density at radius 3 is 2.71 bits per heavy atom. The fourth-order valence-corrected chi connectivity index (χ4v) is 2.57. The molecule has 17 heavy (non-hydrogen) atoms. The molecule has 0 bridgehead atoms. The highest BCUT2D eigenvalue weighted by Gasteiger charge is 2.23. The van der Waals surface area contributed by atoms with Crippen molar-refractivity contribution in [3.05, 3.63) is 23.8 Å². The molecule has 0 saturated heterocycles. The van der Waals surface area contributed by atoms with E-state index in [4.69, 9.17) is 11.0 Å². The van der Waals surface area contributed by atoms with Crippen LogP contribution < -0.4 is 10.5 Å². The van der Waals surface area contributed by atoms with Crippen LogP contribution in [0.15, 0.2) is 18.2 Å². The Hall–Kier alpha value is -1.74. The van der Waals surface area contributed by atoms with E-state index in [1.54, 1.807) is 31.2 Å². The number of aryl methyl sites for hydroxylation is 1. The van der Waals surface area contributed by atoms with Crippen molar-refractivity contribution in [2.45, 2.75) is 25.5 Å². The number of hydrogen-bond donors (Lipinski definition) is 2. The van der Waals surface area contributed by atoms with E-state index in [9.17, 15) is 8.42 Å². The van der Waals surface area contributed by atoms with Crippen molar-refractivity contribution < 1.29 is 8.42 Å². The molecule has 0 fully saturated rings. The van der Waals surface area contributed by atoms with Gasteiger partial charge in [-0.25, -0.2) is 8.42 Å². The smallest absolute Gasteiger partial charge is 0.249 e. The number of nitriles is 1. The molecule has 0 saturated carbocycles. The number of benzene rings is 1. The van der Waals surface area contributed by atoms with Crippen molar-refractivity contribution in [3.8, 4) is 6.07 Å². The molecule has 1 rings (SSSR count). The van der Waals surface area contributed by atoms with Gasteiger partial charge in [0.15, 0.2) is 5.25 Å². The van der Waals surface area contributed by atoms with Crippen LogP contribution >= 0.6 is 0 Å². The van der Waals surface area contributed by atoms with Gasteiger partial charge in [0.05, 0.1) is 17.4 Å². The first-order chi connectivity index (χ1) is 7.90. The second kappa shape index (κ2) is 5.06. The molecule has 0 radical (unpaired) electrons. The van der Waals surface area contributed by atoms with Crippen LogP contribution in [0.3, 0.4) is 0 Å². The van der Waals surface area contributed by atoms with Gasteiger partial charge < -0.3 is 5.73 Å². The van der Waals surface area contributed by atoms with Crippen molar-refractivity contribution in [1.82, 2.24) is 0 Å². The van der Waals surface area contributed by atoms with Crippen LogP contribution in [0.2, 0.25) is 0 Å². The van der Waals surface area contributed by atoms with E-state index in [1.807, 2.05) is 6.92 Å². The lowest BCUT2D eigenvalue weighted by molar-refractivity contribution is 0.593. The van der Waals surface area contributed by atoms with Crippen LogP contribution in [0.5, 0.6) is 0 Å². The van der Waals surface area contributed by atoms with Gasteiger partial charge in [-0.15, -0.1) is 0 Å². The first kappa shape index (κ1) is 13.3. The highest BCUT2D eigenvalue weighted by Crippen LogP contribution is 2.22. The molecule has 1 aromatic carbocycles. The van der Waals surface area contributed by atoms with Crippen molar-refractivity contribution in [2.75, 3.05) is 10.5 Å². The Balaban J connectivity index is 3.06. The number of rotatable bonds is 4. The Kier molecular flexibility index (Phi) is 3.97. The SMILES string of the molecule is CCC(C#N)S(=O)(=O)Nc1cc(C)ccc1N. The minimum Gasteiger partial charge on any atom is -0.397 e. The summed E-state index contributed by atoms with van der Waals surface area (Å²) >= 11 is 0. The van der Waals surface area contributed by atoms with Gasteiger partial charge in [0, 0.05) is 0 Å². The van der Waals surface area contributed by atoms with Gasteiger partial charge in [-0.2, -0.15) is 5.26 Å². The van der Waals surface area contributed by atoms with Gasteiger partial charge in [0.25, 0.3) is 0 Å². The van der Waals surface area contributed by atoms with Crippen LogP contribution in [0, 0.1) is 18.3 Å². The Morgan fingerprint density at radius 2 is 2.18 bits per heavy atom. The second-order valence-electron chi connectivity index (χ2n) is 3.76. The van der Waals surface area contributed by atoms with E-state index in [0.29, 0.717) is 11.4 Å². The molecule has 1 atom stereocenters. The van der Waals surface area contributed by atoms with Crippen LogP contribution in [-0.4, -0.2) is 13.7 Å². The number of sulfonamides is 1. The van der Waals surface area contributed by atoms with Crippen molar-refractivity contribution in [2.24, 2.45) is 0 Å². The molecule has 1 unspecified atom stereocenters.